The van der Waals surface area contributed by atoms with Gasteiger partial charge in [-0.2, -0.15) is 5.26 Å². The molecule has 23 heavy (non-hydrogen) atoms. The first kappa shape index (κ1) is 15.1. The second-order valence-electron chi connectivity index (χ2n) is 5.39. The van der Waals surface area contributed by atoms with Crippen LogP contribution in [0.2, 0.25) is 5.02 Å². The molecule has 1 aromatic carbocycles. The number of nitrogens with zero attached hydrogens (tertiary/aromatic N) is 3. The monoisotopic (exact) mass is 322 g/mol. The van der Waals surface area contributed by atoms with Crippen LogP contribution in [0.25, 0.3) is 22.6 Å². The Bertz CT molecular complexity index is 932. The van der Waals surface area contributed by atoms with E-state index in [-0.39, 0.29) is 0 Å². The Hall–Kier alpha value is -2.77. The van der Waals surface area contributed by atoms with Crippen molar-refractivity contribution in [1.29, 1.82) is 5.26 Å². The van der Waals surface area contributed by atoms with Gasteiger partial charge in [0.2, 0.25) is 0 Å². The predicted octanol–water partition coefficient (Wildman–Crippen LogP) is 4.35. The number of anilines is 1. The molecular formula is C18H15ClN4. The molecule has 0 aliphatic heterocycles. The van der Waals surface area contributed by atoms with E-state index < -0.39 is 0 Å². The summed E-state index contributed by atoms with van der Waals surface area (Å²) < 4.78 is 0. The average Bonchev–Trinajstić information content (AvgIpc) is 2.95. The molecule has 0 aliphatic carbocycles. The highest BCUT2D eigenvalue weighted by Crippen LogP contribution is 2.30. The van der Waals surface area contributed by atoms with Crippen molar-refractivity contribution in [1.82, 2.24) is 9.97 Å². The van der Waals surface area contributed by atoms with Gasteiger partial charge in [0, 0.05) is 65.4 Å². The highest BCUT2D eigenvalue weighted by molar-refractivity contribution is 6.31. The molecule has 114 valence electrons. The normalized spacial score (nSPS) is 11.5. The molecule has 3 aromatic rings. The third-order valence-corrected chi connectivity index (χ3v) is 3.90. The van der Waals surface area contributed by atoms with Crippen molar-refractivity contribution in [3.05, 3.63) is 59.0 Å². The number of aromatic nitrogens is 2. The van der Waals surface area contributed by atoms with Crippen LogP contribution < -0.4 is 4.90 Å². The molecule has 0 saturated carbocycles. The molecular weight excluding hydrogens is 308 g/mol. The maximum atomic E-state index is 9.62. The number of aromatic amines is 1. The number of rotatable bonds is 3. The minimum atomic E-state index is 0.564. The van der Waals surface area contributed by atoms with Crippen LogP contribution in [0.4, 0.5) is 5.69 Å². The summed E-state index contributed by atoms with van der Waals surface area (Å²) in [5, 5.41) is 11.2. The number of nitriles is 1. The zero-order chi connectivity index (χ0) is 16.4. The minimum Gasteiger partial charge on any atom is -0.377 e. The molecule has 0 aliphatic rings. The zero-order valence-electron chi connectivity index (χ0n) is 12.8. The Kier molecular flexibility index (Phi) is 4.05. The molecule has 4 nitrogen and oxygen atoms in total. The van der Waals surface area contributed by atoms with Crippen molar-refractivity contribution in [2.45, 2.75) is 0 Å². The van der Waals surface area contributed by atoms with Gasteiger partial charge in [0.05, 0.1) is 11.6 Å². The predicted molar refractivity (Wildman–Crippen MR) is 95.4 cm³/mol. The minimum absolute atomic E-state index is 0.564. The molecule has 5 heteroatoms. The molecule has 0 amide bonds. The fourth-order valence-corrected chi connectivity index (χ4v) is 2.73. The summed E-state index contributed by atoms with van der Waals surface area (Å²) >= 11 is 6.09. The van der Waals surface area contributed by atoms with Crippen molar-refractivity contribution in [2.75, 3.05) is 19.0 Å². The van der Waals surface area contributed by atoms with Gasteiger partial charge in [-0.25, -0.2) is 0 Å². The van der Waals surface area contributed by atoms with Crippen LogP contribution in [0.5, 0.6) is 0 Å². The first-order valence-electron chi connectivity index (χ1n) is 7.10. The van der Waals surface area contributed by atoms with Crippen LogP contribution in [0.1, 0.15) is 11.1 Å². The second kappa shape index (κ2) is 6.15. The van der Waals surface area contributed by atoms with Gasteiger partial charge in [-0.05, 0) is 30.3 Å². The standard InChI is InChI=1S/C18H15ClN4/c1-23(2)18-5-6-21-10-13(18)7-12(9-20)16-11-22-17-4-3-14(19)8-15(16)17/h3-8,10-11,22H,1-2H3/b12-7+. The first-order valence-corrected chi connectivity index (χ1v) is 7.48. The maximum Gasteiger partial charge on any atom is 0.0999 e. The Morgan fingerprint density at radius 1 is 1.35 bits per heavy atom. The van der Waals surface area contributed by atoms with Gasteiger partial charge in [-0.1, -0.05) is 11.6 Å². The SMILES string of the molecule is CN(C)c1ccncc1/C=C(\C#N)c1c[nH]c2ccc(Cl)cc12. The number of benzene rings is 1. The third kappa shape index (κ3) is 2.92. The summed E-state index contributed by atoms with van der Waals surface area (Å²) in [6.45, 7) is 0. The molecule has 2 aromatic heterocycles. The van der Waals surface area contributed by atoms with Crippen LogP contribution >= 0.6 is 11.6 Å². The number of hydrogen-bond donors (Lipinski definition) is 1. The van der Waals surface area contributed by atoms with E-state index in [0.717, 1.165) is 27.7 Å². The molecule has 0 fully saturated rings. The van der Waals surface area contributed by atoms with Crippen molar-refractivity contribution >= 4 is 39.8 Å². The van der Waals surface area contributed by atoms with Gasteiger partial charge in [0.1, 0.15) is 0 Å². The molecule has 0 spiro atoms. The van der Waals surface area contributed by atoms with E-state index in [9.17, 15) is 5.26 Å². The number of hydrogen-bond acceptors (Lipinski definition) is 3. The fraction of sp³-hybridized carbons (Fsp3) is 0.111. The Labute approximate surface area is 139 Å². The summed E-state index contributed by atoms with van der Waals surface area (Å²) in [5.74, 6) is 0. The lowest BCUT2D eigenvalue weighted by atomic mass is 10.0. The Balaban J connectivity index is 2.16. The quantitative estimate of drug-likeness (QED) is 0.729. The van der Waals surface area contributed by atoms with Gasteiger partial charge in [-0.15, -0.1) is 0 Å². The van der Waals surface area contributed by atoms with E-state index in [2.05, 4.69) is 16.0 Å². The van der Waals surface area contributed by atoms with Crippen LogP contribution in [0.3, 0.4) is 0 Å². The van der Waals surface area contributed by atoms with Gasteiger partial charge < -0.3 is 9.88 Å². The highest BCUT2D eigenvalue weighted by Gasteiger charge is 2.11. The lowest BCUT2D eigenvalue weighted by Crippen LogP contribution is -2.10. The van der Waals surface area contributed by atoms with Crippen molar-refractivity contribution in [3.63, 3.8) is 0 Å². The third-order valence-electron chi connectivity index (χ3n) is 3.66. The van der Waals surface area contributed by atoms with Crippen LogP contribution in [0, 0.1) is 11.3 Å². The molecule has 0 bridgehead atoms. The number of halogens is 1. The summed E-state index contributed by atoms with van der Waals surface area (Å²) in [6.07, 6.45) is 7.19. The molecule has 0 unspecified atom stereocenters. The lowest BCUT2D eigenvalue weighted by Gasteiger charge is -2.15. The number of fused-ring (bicyclic) bond motifs is 1. The molecule has 0 radical (unpaired) electrons. The van der Waals surface area contributed by atoms with Gasteiger partial charge >= 0.3 is 0 Å². The van der Waals surface area contributed by atoms with E-state index in [1.165, 1.54) is 0 Å². The fourth-order valence-electron chi connectivity index (χ4n) is 2.56. The first-order chi connectivity index (χ1) is 11.1. The average molecular weight is 323 g/mol. The number of H-pyrrole nitrogens is 1. The van der Waals surface area contributed by atoms with Crippen molar-refractivity contribution in [2.24, 2.45) is 0 Å². The Morgan fingerprint density at radius 2 is 2.17 bits per heavy atom. The number of pyridine rings is 1. The van der Waals surface area contributed by atoms with Crippen LogP contribution in [0.15, 0.2) is 42.9 Å². The van der Waals surface area contributed by atoms with Crippen LogP contribution in [-0.4, -0.2) is 24.1 Å². The molecule has 0 saturated heterocycles. The number of nitrogens with one attached hydrogen (secondary N) is 1. The molecule has 2 heterocycles. The van der Waals surface area contributed by atoms with Crippen LogP contribution in [-0.2, 0) is 0 Å². The molecule has 3 rings (SSSR count). The second-order valence-corrected chi connectivity index (χ2v) is 5.83. The summed E-state index contributed by atoms with van der Waals surface area (Å²) in [5.41, 5.74) is 4.24. The molecule has 1 N–H and O–H groups in total. The highest BCUT2D eigenvalue weighted by atomic mass is 35.5. The van der Waals surface area contributed by atoms with E-state index in [0.29, 0.717) is 10.6 Å². The van der Waals surface area contributed by atoms with Gasteiger partial charge in [0.15, 0.2) is 0 Å². The van der Waals surface area contributed by atoms with E-state index in [4.69, 9.17) is 11.6 Å². The summed E-state index contributed by atoms with van der Waals surface area (Å²) in [6, 6.07) is 9.80. The van der Waals surface area contributed by atoms with E-state index >= 15 is 0 Å². The van der Waals surface area contributed by atoms with Gasteiger partial charge in [-0.3, -0.25) is 4.98 Å². The van der Waals surface area contributed by atoms with Crippen molar-refractivity contribution < 1.29 is 0 Å². The topological polar surface area (TPSA) is 55.7 Å². The van der Waals surface area contributed by atoms with Gasteiger partial charge in [0.25, 0.3) is 0 Å². The molecule has 0 atom stereocenters. The van der Waals surface area contributed by atoms with E-state index in [1.54, 1.807) is 12.4 Å². The smallest absolute Gasteiger partial charge is 0.0999 e. The summed E-state index contributed by atoms with van der Waals surface area (Å²) in [7, 11) is 3.92. The lowest BCUT2D eigenvalue weighted by molar-refractivity contribution is 1.11. The van der Waals surface area contributed by atoms with E-state index in [1.807, 2.05) is 55.5 Å². The van der Waals surface area contributed by atoms with Crippen molar-refractivity contribution in [3.8, 4) is 6.07 Å². The summed E-state index contributed by atoms with van der Waals surface area (Å²) in [4.78, 5) is 9.33. The largest absolute Gasteiger partial charge is 0.377 e. The number of allylic oxidation sites excluding steroid dienone is 1. The zero-order valence-corrected chi connectivity index (χ0v) is 13.6. The maximum absolute atomic E-state index is 9.62. The Morgan fingerprint density at radius 3 is 2.91 bits per heavy atom.